The molecule has 0 aromatic carbocycles. The van der Waals surface area contributed by atoms with Gasteiger partial charge in [-0.25, -0.2) is 0 Å². The van der Waals surface area contributed by atoms with E-state index in [4.69, 9.17) is 9.47 Å². The van der Waals surface area contributed by atoms with Crippen molar-refractivity contribution in [3.05, 3.63) is 29.1 Å². The molecule has 2 saturated heterocycles. The van der Waals surface area contributed by atoms with E-state index in [9.17, 15) is 4.79 Å². The average Bonchev–Trinajstić information content (AvgIpc) is 3.32. The molecule has 2 aromatic rings. The number of ether oxygens (including phenoxy) is 2. The molecule has 4 rings (SSSR count). The molecule has 0 radical (unpaired) electrons. The lowest BCUT2D eigenvalue weighted by Crippen LogP contribution is -2.42. The Morgan fingerprint density at radius 1 is 1.17 bits per heavy atom. The molecule has 0 aliphatic carbocycles. The van der Waals surface area contributed by atoms with Gasteiger partial charge in [-0.3, -0.25) is 4.79 Å². The molecule has 1 amide bonds. The smallest absolute Gasteiger partial charge is 0.261 e. The van der Waals surface area contributed by atoms with Crippen LogP contribution in [0.25, 0.3) is 0 Å². The molecule has 23 heavy (non-hydrogen) atoms. The van der Waals surface area contributed by atoms with Crippen LogP contribution >= 0.6 is 22.7 Å². The van der Waals surface area contributed by atoms with Crippen molar-refractivity contribution in [1.29, 1.82) is 0 Å². The highest BCUT2D eigenvalue weighted by Crippen LogP contribution is 2.37. The fourth-order valence-corrected chi connectivity index (χ4v) is 4.80. The van der Waals surface area contributed by atoms with Crippen molar-refractivity contribution in [3.63, 3.8) is 0 Å². The van der Waals surface area contributed by atoms with Crippen molar-refractivity contribution in [2.75, 3.05) is 7.11 Å². The van der Waals surface area contributed by atoms with Crippen molar-refractivity contribution in [2.45, 2.75) is 37.4 Å². The number of thiophene rings is 2. The van der Waals surface area contributed by atoms with E-state index in [-0.39, 0.29) is 11.9 Å². The summed E-state index contributed by atoms with van der Waals surface area (Å²) in [7, 11) is 1.63. The third-order valence-electron chi connectivity index (χ3n) is 4.38. The molecule has 2 fully saturated rings. The van der Waals surface area contributed by atoms with Crippen molar-refractivity contribution >= 4 is 28.6 Å². The first-order valence-electron chi connectivity index (χ1n) is 7.69. The molecule has 2 aromatic heterocycles. The maximum Gasteiger partial charge on any atom is 0.261 e. The second-order valence-electron chi connectivity index (χ2n) is 5.86. The normalized spacial score (nSPS) is 25.5. The van der Waals surface area contributed by atoms with Gasteiger partial charge in [0.05, 0.1) is 12.0 Å². The Kier molecular flexibility index (Phi) is 4.00. The lowest BCUT2D eigenvalue weighted by molar-refractivity contribution is 0.0935. The molecule has 122 valence electrons. The predicted molar refractivity (Wildman–Crippen MR) is 91.1 cm³/mol. The average molecular weight is 350 g/mol. The number of methoxy groups -OCH3 is 1. The van der Waals surface area contributed by atoms with Gasteiger partial charge in [-0.05, 0) is 43.5 Å². The van der Waals surface area contributed by atoms with Gasteiger partial charge in [0.1, 0.15) is 0 Å². The van der Waals surface area contributed by atoms with Crippen molar-refractivity contribution in [1.82, 2.24) is 10.6 Å². The van der Waals surface area contributed by atoms with Crippen LogP contribution in [0.15, 0.2) is 24.3 Å². The number of carbonyl (C=O) groups excluding carboxylic acids is 1. The molecule has 2 bridgehead atoms. The minimum atomic E-state index is -0.00652. The van der Waals surface area contributed by atoms with Crippen LogP contribution in [0.4, 0.5) is 0 Å². The third kappa shape index (κ3) is 3.08. The molecule has 0 spiro atoms. The SMILES string of the molecule is COc1ccc(Oc2ccc(C(=O)N[C@@H]3C[C@H]4CC[C@@H]3N4)s2)s1. The number of carbonyl (C=O) groups is 1. The maximum absolute atomic E-state index is 12.4. The first kappa shape index (κ1) is 15.0. The summed E-state index contributed by atoms with van der Waals surface area (Å²) >= 11 is 2.80. The molecular weight excluding hydrogens is 332 g/mol. The molecule has 2 aliphatic rings. The number of hydrogen-bond acceptors (Lipinski definition) is 6. The van der Waals surface area contributed by atoms with Gasteiger partial charge in [0.2, 0.25) is 0 Å². The van der Waals surface area contributed by atoms with E-state index >= 15 is 0 Å². The van der Waals surface area contributed by atoms with Crippen LogP contribution in [0.2, 0.25) is 0 Å². The van der Waals surface area contributed by atoms with Crippen LogP contribution in [-0.4, -0.2) is 31.1 Å². The third-order valence-corrected chi connectivity index (χ3v) is 6.27. The van der Waals surface area contributed by atoms with E-state index in [1.807, 2.05) is 24.3 Å². The highest BCUT2D eigenvalue weighted by molar-refractivity contribution is 7.17. The summed E-state index contributed by atoms with van der Waals surface area (Å²) in [6.07, 6.45) is 3.44. The molecule has 7 heteroatoms. The number of amides is 1. The topological polar surface area (TPSA) is 59.6 Å². The van der Waals surface area contributed by atoms with E-state index in [1.54, 1.807) is 7.11 Å². The van der Waals surface area contributed by atoms with Gasteiger partial charge in [-0.15, -0.1) is 0 Å². The molecule has 0 saturated carbocycles. The number of nitrogens with one attached hydrogen (secondary N) is 2. The highest BCUT2D eigenvalue weighted by atomic mass is 32.1. The van der Waals surface area contributed by atoms with Crippen LogP contribution in [0, 0.1) is 0 Å². The summed E-state index contributed by atoms with van der Waals surface area (Å²) in [5.74, 6) is -0.00652. The molecule has 0 unspecified atom stereocenters. The highest BCUT2D eigenvalue weighted by Gasteiger charge is 2.39. The van der Waals surface area contributed by atoms with Crippen molar-refractivity contribution < 1.29 is 14.3 Å². The second-order valence-corrected chi connectivity index (χ2v) is 7.92. The van der Waals surface area contributed by atoms with E-state index in [0.29, 0.717) is 22.0 Å². The summed E-state index contributed by atoms with van der Waals surface area (Å²) < 4.78 is 10.9. The molecule has 2 aliphatic heterocycles. The molecule has 2 N–H and O–H groups in total. The lowest BCUT2D eigenvalue weighted by Gasteiger charge is -2.20. The van der Waals surface area contributed by atoms with Crippen molar-refractivity contribution in [3.8, 4) is 15.2 Å². The van der Waals surface area contributed by atoms with E-state index in [0.717, 1.165) is 23.0 Å². The molecule has 4 heterocycles. The van der Waals surface area contributed by atoms with Crippen LogP contribution in [-0.2, 0) is 0 Å². The Hall–Kier alpha value is -1.57. The van der Waals surface area contributed by atoms with Crippen LogP contribution in [0.3, 0.4) is 0 Å². The largest absolute Gasteiger partial charge is 0.487 e. The Morgan fingerprint density at radius 3 is 2.65 bits per heavy atom. The zero-order valence-corrected chi connectivity index (χ0v) is 14.3. The summed E-state index contributed by atoms with van der Waals surface area (Å²) in [4.78, 5) is 13.1. The van der Waals surface area contributed by atoms with Gasteiger partial charge in [-0.2, -0.15) is 0 Å². The fourth-order valence-electron chi connectivity index (χ4n) is 3.29. The Balaban J connectivity index is 1.38. The zero-order chi connectivity index (χ0) is 15.8. The minimum Gasteiger partial charge on any atom is -0.487 e. The predicted octanol–water partition coefficient (Wildman–Crippen LogP) is 3.23. The summed E-state index contributed by atoms with van der Waals surface area (Å²) in [5.41, 5.74) is 0. The monoisotopic (exact) mass is 350 g/mol. The summed E-state index contributed by atoms with van der Waals surface area (Å²) in [5, 5.41) is 8.96. The van der Waals surface area contributed by atoms with Gasteiger partial charge in [-0.1, -0.05) is 22.7 Å². The molecule has 5 nitrogen and oxygen atoms in total. The fraction of sp³-hybridized carbons (Fsp3) is 0.438. The molecule has 3 atom stereocenters. The van der Waals surface area contributed by atoms with E-state index in [1.165, 1.54) is 29.1 Å². The Labute approximate surface area is 142 Å². The second kappa shape index (κ2) is 6.14. The minimum absolute atomic E-state index is 0.00652. The van der Waals surface area contributed by atoms with E-state index in [2.05, 4.69) is 10.6 Å². The Morgan fingerprint density at radius 2 is 1.96 bits per heavy atom. The van der Waals surface area contributed by atoms with Gasteiger partial charge >= 0.3 is 0 Å². The maximum atomic E-state index is 12.4. The zero-order valence-electron chi connectivity index (χ0n) is 12.7. The lowest BCUT2D eigenvalue weighted by atomic mass is 9.95. The first-order chi connectivity index (χ1) is 11.2. The summed E-state index contributed by atoms with van der Waals surface area (Å²) in [6.45, 7) is 0. The van der Waals surface area contributed by atoms with Crippen LogP contribution in [0.5, 0.6) is 15.2 Å². The first-order valence-corrected chi connectivity index (χ1v) is 9.33. The number of fused-ring (bicyclic) bond motifs is 2. The van der Waals surface area contributed by atoms with Gasteiger partial charge in [0.25, 0.3) is 5.91 Å². The quantitative estimate of drug-likeness (QED) is 0.869. The number of hydrogen-bond donors (Lipinski definition) is 2. The van der Waals surface area contributed by atoms with Crippen molar-refractivity contribution in [2.24, 2.45) is 0 Å². The molecular formula is C16H18N2O3S2. The Bertz CT molecular complexity index is 712. The van der Waals surface area contributed by atoms with E-state index < -0.39 is 0 Å². The van der Waals surface area contributed by atoms with Gasteiger partial charge in [0.15, 0.2) is 15.2 Å². The standard InChI is InChI=1S/C16H18N2O3S2/c1-20-13-6-7-15(23-13)21-14-5-4-12(22-14)16(19)18-11-8-9-2-3-10(11)17-9/h4-7,9-11,17H,2-3,8H2,1H3,(H,18,19)/t9-,10+,11-/m1/s1. The van der Waals surface area contributed by atoms with Crippen LogP contribution in [0.1, 0.15) is 28.9 Å². The van der Waals surface area contributed by atoms with Gasteiger partial charge in [0, 0.05) is 18.1 Å². The summed E-state index contributed by atoms with van der Waals surface area (Å²) in [6, 6.07) is 8.67. The van der Waals surface area contributed by atoms with Crippen LogP contribution < -0.4 is 20.1 Å². The van der Waals surface area contributed by atoms with Gasteiger partial charge < -0.3 is 20.1 Å². The number of rotatable bonds is 5.